The SMILES string of the molecule is C[C@@H](CNC(=O)CN1C(=O)N[C@@](C)(c2cc(F)ccc2F)C1=O)c1ccccc1. The van der Waals surface area contributed by atoms with E-state index in [0.717, 1.165) is 23.8 Å². The van der Waals surface area contributed by atoms with Gasteiger partial charge in [-0.25, -0.2) is 13.6 Å². The highest BCUT2D eigenvalue weighted by molar-refractivity contribution is 6.09. The van der Waals surface area contributed by atoms with Crippen molar-refractivity contribution in [2.45, 2.75) is 25.3 Å². The van der Waals surface area contributed by atoms with Gasteiger partial charge in [-0.05, 0) is 36.6 Å². The summed E-state index contributed by atoms with van der Waals surface area (Å²) in [6.45, 7) is 3.02. The third kappa shape index (κ3) is 4.11. The fourth-order valence-electron chi connectivity index (χ4n) is 3.27. The molecule has 2 N–H and O–H groups in total. The van der Waals surface area contributed by atoms with Crippen molar-refractivity contribution >= 4 is 17.8 Å². The van der Waals surface area contributed by atoms with E-state index in [2.05, 4.69) is 10.6 Å². The Balaban J connectivity index is 1.67. The van der Waals surface area contributed by atoms with Crippen molar-refractivity contribution in [2.75, 3.05) is 13.1 Å². The number of hydrogen-bond acceptors (Lipinski definition) is 3. The fourth-order valence-corrected chi connectivity index (χ4v) is 3.27. The first-order chi connectivity index (χ1) is 13.7. The minimum atomic E-state index is -1.79. The van der Waals surface area contributed by atoms with Gasteiger partial charge < -0.3 is 10.6 Å². The van der Waals surface area contributed by atoms with Crippen molar-refractivity contribution in [1.29, 1.82) is 0 Å². The molecule has 4 amide bonds. The van der Waals surface area contributed by atoms with Gasteiger partial charge in [0.2, 0.25) is 5.91 Å². The second-order valence-electron chi connectivity index (χ2n) is 7.19. The summed E-state index contributed by atoms with van der Waals surface area (Å²) in [5.41, 5.74) is -1.05. The standard InChI is InChI=1S/C21H21F2N3O3/c1-13(14-6-4-3-5-7-14)11-24-18(27)12-26-19(28)21(2,25-20(26)29)16-10-15(22)8-9-17(16)23/h3-10,13H,11-12H2,1-2H3,(H,24,27)(H,25,29)/t13-,21-/m0/s1. The van der Waals surface area contributed by atoms with Crippen LogP contribution in [0.2, 0.25) is 0 Å². The zero-order valence-corrected chi connectivity index (χ0v) is 16.0. The van der Waals surface area contributed by atoms with Crippen LogP contribution in [-0.4, -0.2) is 35.8 Å². The van der Waals surface area contributed by atoms with E-state index in [1.54, 1.807) is 0 Å². The van der Waals surface area contributed by atoms with E-state index in [1.165, 1.54) is 6.92 Å². The van der Waals surface area contributed by atoms with Gasteiger partial charge in [-0.2, -0.15) is 0 Å². The molecule has 0 unspecified atom stereocenters. The monoisotopic (exact) mass is 401 g/mol. The number of urea groups is 1. The third-order valence-corrected chi connectivity index (χ3v) is 5.02. The minimum Gasteiger partial charge on any atom is -0.354 e. The molecule has 1 aliphatic heterocycles. The average Bonchev–Trinajstić information content (AvgIpc) is 2.92. The smallest absolute Gasteiger partial charge is 0.325 e. The number of imide groups is 1. The molecule has 152 valence electrons. The number of halogens is 2. The number of carbonyl (C=O) groups excluding carboxylic acids is 3. The highest BCUT2D eigenvalue weighted by Crippen LogP contribution is 2.31. The summed E-state index contributed by atoms with van der Waals surface area (Å²) >= 11 is 0. The van der Waals surface area contributed by atoms with E-state index in [0.29, 0.717) is 11.4 Å². The van der Waals surface area contributed by atoms with Gasteiger partial charge in [-0.3, -0.25) is 14.5 Å². The van der Waals surface area contributed by atoms with Crippen molar-refractivity contribution in [2.24, 2.45) is 0 Å². The second kappa shape index (κ2) is 7.98. The number of carbonyl (C=O) groups is 3. The number of benzene rings is 2. The maximum atomic E-state index is 14.2. The molecule has 1 heterocycles. The first kappa shape index (κ1) is 20.4. The van der Waals surface area contributed by atoms with Crippen LogP contribution in [0.1, 0.15) is 30.9 Å². The fraction of sp³-hybridized carbons (Fsp3) is 0.286. The van der Waals surface area contributed by atoms with E-state index < -0.39 is 41.6 Å². The van der Waals surface area contributed by atoms with Gasteiger partial charge >= 0.3 is 6.03 Å². The Labute approximate surface area is 166 Å². The minimum absolute atomic E-state index is 0.0370. The predicted octanol–water partition coefficient (Wildman–Crippen LogP) is 2.65. The molecule has 1 fully saturated rings. The first-order valence-corrected chi connectivity index (χ1v) is 9.13. The van der Waals surface area contributed by atoms with Crippen LogP contribution in [0.3, 0.4) is 0 Å². The summed E-state index contributed by atoms with van der Waals surface area (Å²) in [7, 11) is 0. The quantitative estimate of drug-likeness (QED) is 0.731. The van der Waals surface area contributed by atoms with Gasteiger partial charge in [0, 0.05) is 12.1 Å². The zero-order valence-electron chi connectivity index (χ0n) is 16.0. The molecule has 8 heteroatoms. The lowest BCUT2D eigenvalue weighted by Gasteiger charge is -2.22. The van der Waals surface area contributed by atoms with Crippen molar-refractivity contribution in [3.8, 4) is 0 Å². The van der Waals surface area contributed by atoms with Crippen LogP contribution < -0.4 is 10.6 Å². The van der Waals surface area contributed by atoms with E-state index in [4.69, 9.17) is 0 Å². The van der Waals surface area contributed by atoms with E-state index in [9.17, 15) is 23.2 Å². The Morgan fingerprint density at radius 3 is 2.55 bits per heavy atom. The Morgan fingerprint density at radius 2 is 1.86 bits per heavy atom. The van der Waals surface area contributed by atoms with Crippen LogP contribution in [0.5, 0.6) is 0 Å². The number of nitrogens with one attached hydrogen (secondary N) is 2. The van der Waals surface area contributed by atoms with Gasteiger partial charge in [-0.15, -0.1) is 0 Å². The molecule has 29 heavy (non-hydrogen) atoms. The van der Waals surface area contributed by atoms with Gasteiger partial charge in [0.1, 0.15) is 23.7 Å². The number of amides is 4. The number of rotatable bonds is 6. The Kier molecular flexibility index (Phi) is 5.63. The van der Waals surface area contributed by atoms with Gasteiger partial charge in [0.05, 0.1) is 0 Å². The van der Waals surface area contributed by atoms with Crippen LogP contribution in [0.25, 0.3) is 0 Å². The third-order valence-electron chi connectivity index (χ3n) is 5.02. The molecular weight excluding hydrogens is 380 g/mol. The van der Waals surface area contributed by atoms with Gasteiger partial charge in [-0.1, -0.05) is 37.3 Å². The van der Waals surface area contributed by atoms with Crippen molar-refractivity contribution < 1.29 is 23.2 Å². The first-order valence-electron chi connectivity index (χ1n) is 9.13. The topological polar surface area (TPSA) is 78.5 Å². The van der Waals surface area contributed by atoms with Gasteiger partial charge in [0.15, 0.2) is 0 Å². The van der Waals surface area contributed by atoms with Crippen LogP contribution in [-0.2, 0) is 15.1 Å². The molecule has 3 rings (SSSR count). The molecule has 2 atom stereocenters. The molecule has 2 aromatic carbocycles. The molecule has 0 bridgehead atoms. The summed E-state index contributed by atoms with van der Waals surface area (Å²) < 4.78 is 27.7. The number of nitrogens with zero attached hydrogens (tertiary/aromatic N) is 1. The highest BCUT2D eigenvalue weighted by atomic mass is 19.1. The van der Waals surface area contributed by atoms with Gasteiger partial charge in [0.25, 0.3) is 5.91 Å². The Morgan fingerprint density at radius 1 is 1.17 bits per heavy atom. The molecular formula is C21H21F2N3O3. The van der Waals surface area contributed by atoms with Crippen molar-refractivity contribution in [3.05, 3.63) is 71.3 Å². The zero-order chi connectivity index (χ0) is 21.2. The Bertz CT molecular complexity index is 951. The molecule has 0 saturated carbocycles. The van der Waals surface area contributed by atoms with Crippen molar-refractivity contribution in [3.63, 3.8) is 0 Å². The predicted molar refractivity (Wildman–Crippen MR) is 102 cm³/mol. The van der Waals surface area contributed by atoms with Crippen LogP contribution in [0.15, 0.2) is 48.5 Å². The molecule has 0 radical (unpaired) electrons. The lowest BCUT2D eigenvalue weighted by atomic mass is 9.91. The molecule has 0 spiro atoms. The van der Waals surface area contributed by atoms with E-state index >= 15 is 0 Å². The van der Waals surface area contributed by atoms with Crippen LogP contribution in [0, 0.1) is 11.6 Å². The maximum absolute atomic E-state index is 14.2. The molecule has 0 aromatic heterocycles. The van der Waals surface area contributed by atoms with Crippen LogP contribution >= 0.6 is 0 Å². The lowest BCUT2D eigenvalue weighted by molar-refractivity contribution is -0.134. The normalized spacial score (nSPS) is 19.8. The molecule has 6 nitrogen and oxygen atoms in total. The molecule has 1 aliphatic rings. The maximum Gasteiger partial charge on any atom is 0.325 e. The molecule has 0 aliphatic carbocycles. The molecule has 1 saturated heterocycles. The van der Waals surface area contributed by atoms with Crippen LogP contribution in [0.4, 0.5) is 13.6 Å². The summed E-state index contributed by atoms with van der Waals surface area (Å²) in [4.78, 5) is 38.0. The summed E-state index contributed by atoms with van der Waals surface area (Å²) in [6.07, 6.45) is 0. The second-order valence-corrected chi connectivity index (χ2v) is 7.19. The van der Waals surface area contributed by atoms with E-state index in [-0.39, 0.29) is 11.5 Å². The highest BCUT2D eigenvalue weighted by Gasteiger charge is 2.50. The lowest BCUT2D eigenvalue weighted by Crippen LogP contribution is -2.44. The largest absolute Gasteiger partial charge is 0.354 e. The molecule has 2 aromatic rings. The Hall–Kier alpha value is -3.29. The van der Waals surface area contributed by atoms with E-state index in [1.807, 2.05) is 37.3 Å². The number of hydrogen-bond donors (Lipinski definition) is 2. The average molecular weight is 401 g/mol. The summed E-state index contributed by atoms with van der Waals surface area (Å²) in [5, 5.41) is 5.05. The van der Waals surface area contributed by atoms with Crippen molar-refractivity contribution in [1.82, 2.24) is 15.5 Å². The summed E-state index contributed by atoms with van der Waals surface area (Å²) in [6, 6.07) is 11.4. The summed E-state index contributed by atoms with van der Waals surface area (Å²) in [5.74, 6) is -2.88.